The fraction of sp³-hybridized carbons (Fsp3) is 0.188. The van der Waals surface area contributed by atoms with Gasteiger partial charge in [-0.1, -0.05) is 84.9 Å². The molecule has 0 fully saturated rings. The summed E-state index contributed by atoms with van der Waals surface area (Å²) >= 11 is 0. The van der Waals surface area contributed by atoms with Gasteiger partial charge >= 0.3 is 0 Å². The topological polar surface area (TPSA) is 52.6 Å². The number of ether oxygens (including phenoxy) is 2. The second kappa shape index (κ2) is 12.0. The summed E-state index contributed by atoms with van der Waals surface area (Å²) in [6, 6.07) is 34.2. The van der Waals surface area contributed by atoms with Crippen LogP contribution in [0.2, 0.25) is 0 Å². The number of Topliss-reactive ketones (excluding diaryl/α,β-unsaturated/α-hetero) is 2. The van der Waals surface area contributed by atoms with Crippen LogP contribution in [-0.4, -0.2) is 25.8 Å². The molecule has 4 nitrogen and oxygen atoms in total. The van der Waals surface area contributed by atoms with Gasteiger partial charge in [0.2, 0.25) is 0 Å². The smallest absolute Gasteiger partial charge is 0.163 e. The first-order valence-corrected chi connectivity index (χ1v) is 12.0. The lowest BCUT2D eigenvalue weighted by atomic mass is 9.75. The molecule has 2 atom stereocenters. The predicted octanol–water partition coefficient (Wildman–Crippen LogP) is 7.12. The second-order valence-electron chi connectivity index (χ2n) is 8.75. The van der Waals surface area contributed by atoms with Gasteiger partial charge in [-0.05, 0) is 47.2 Å². The molecule has 0 N–H and O–H groups in total. The molecule has 0 aliphatic heterocycles. The average molecular weight is 479 g/mol. The first-order chi connectivity index (χ1) is 17.6. The zero-order valence-corrected chi connectivity index (χ0v) is 20.6. The van der Waals surface area contributed by atoms with Gasteiger partial charge in [-0.15, -0.1) is 0 Å². The molecule has 0 spiro atoms. The highest BCUT2D eigenvalue weighted by molar-refractivity contribution is 5.98. The number of benzene rings is 4. The summed E-state index contributed by atoms with van der Waals surface area (Å²) in [4.78, 5) is 26.8. The Balaban J connectivity index is 1.76. The maximum atomic E-state index is 13.4. The third-order valence-corrected chi connectivity index (χ3v) is 6.58. The molecule has 36 heavy (non-hydrogen) atoms. The third-order valence-electron chi connectivity index (χ3n) is 6.58. The molecule has 4 aromatic rings. The Hall–Kier alpha value is -4.18. The lowest BCUT2D eigenvalue weighted by Gasteiger charge is -2.28. The molecule has 0 heterocycles. The van der Waals surface area contributed by atoms with Crippen LogP contribution in [0.15, 0.2) is 109 Å². The molecular formula is C32H30O4. The van der Waals surface area contributed by atoms with E-state index in [1.54, 1.807) is 14.2 Å². The molecule has 0 saturated carbocycles. The van der Waals surface area contributed by atoms with E-state index in [0.29, 0.717) is 11.1 Å². The van der Waals surface area contributed by atoms with Crippen molar-refractivity contribution in [1.29, 1.82) is 0 Å². The van der Waals surface area contributed by atoms with Crippen molar-refractivity contribution >= 4 is 11.6 Å². The van der Waals surface area contributed by atoms with Gasteiger partial charge < -0.3 is 9.47 Å². The van der Waals surface area contributed by atoms with Gasteiger partial charge in [0.15, 0.2) is 11.6 Å². The maximum absolute atomic E-state index is 13.4. The number of ketones is 2. The van der Waals surface area contributed by atoms with E-state index in [1.165, 1.54) is 0 Å². The van der Waals surface area contributed by atoms with Crippen LogP contribution in [0.1, 0.15) is 56.5 Å². The molecular weight excluding hydrogens is 448 g/mol. The Bertz CT molecular complexity index is 1160. The van der Waals surface area contributed by atoms with Crippen LogP contribution in [0.25, 0.3) is 0 Å². The normalized spacial score (nSPS) is 12.4. The minimum atomic E-state index is -0.218. The van der Waals surface area contributed by atoms with Gasteiger partial charge in [-0.25, -0.2) is 0 Å². The van der Waals surface area contributed by atoms with Gasteiger partial charge in [0, 0.05) is 24.0 Å². The molecule has 0 aliphatic rings. The first-order valence-electron chi connectivity index (χ1n) is 12.0. The van der Waals surface area contributed by atoms with E-state index >= 15 is 0 Å². The van der Waals surface area contributed by atoms with Gasteiger partial charge in [-0.2, -0.15) is 0 Å². The van der Waals surface area contributed by atoms with Crippen molar-refractivity contribution in [2.24, 2.45) is 0 Å². The Labute approximate surface area is 212 Å². The molecule has 182 valence electrons. The molecule has 0 amide bonds. The number of hydrogen-bond acceptors (Lipinski definition) is 4. The van der Waals surface area contributed by atoms with Crippen LogP contribution in [-0.2, 0) is 0 Å². The van der Waals surface area contributed by atoms with Crippen molar-refractivity contribution in [2.45, 2.75) is 24.7 Å². The largest absolute Gasteiger partial charge is 0.497 e. The van der Waals surface area contributed by atoms with Crippen molar-refractivity contribution in [3.05, 3.63) is 131 Å². The number of rotatable bonds is 11. The molecule has 0 bridgehead atoms. The van der Waals surface area contributed by atoms with E-state index in [9.17, 15) is 9.59 Å². The summed E-state index contributed by atoms with van der Waals surface area (Å²) in [5.74, 6) is 1.14. The Morgan fingerprint density at radius 2 is 0.861 bits per heavy atom. The monoisotopic (exact) mass is 478 g/mol. The van der Waals surface area contributed by atoms with Crippen molar-refractivity contribution in [2.75, 3.05) is 14.2 Å². The maximum Gasteiger partial charge on any atom is 0.163 e. The van der Waals surface area contributed by atoms with Crippen molar-refractivity contribution in [1.82, 2.24) is 0 Å². The van der Waals surface area contributed by atoms with Crippen LogP contribution < -0.4 is 9.47 Å². The van der Waals surface area contributed by atoms with E-state index in [2.05, 4.69) is 0 Å². The fourth-order valence-corrected chi connectivity index (χ4v) is 4.57. The number of carbonyl (C=O) groups excluding carboxylic acids is 2. The summed E-state index contributed by atoms with van der Waals surface area (Å²) in [5, 5.41) is 0. The summed E-state index contributed by atoms with van der Waals surface area (Å²) in [6.45, 7) is 0. The number of carbonyl (C=O) groups is 2. The highest BCUT2D eigenvalue weighted by atomic mass is 16.5. The van der Waals surface area contributed by atoms with E-state index in [-0.39, 0.29) is 36.2 Å². The SMILES string of the molecule is COc1ccc([C@@H](CC(=O)c2ccccc2)[C@@H](CC(=O)c2ccccc2)c2ccc(OC)cc2)cc1. The number of hydrogen-bond donors (Lipinski definition) is 0. The minimum Gasteiger partial charge on any atom is -0.497 e. The minimum absolute atomic E-state index is 0.0436. The van der Waals surface area contributed by atoms with Crippen LogP contribution in [0, 0.1) is 0 Å². The summed E-state index contributed by atoms with van der Waals surface area (Å²) in [6.07, 6.45) is 0.546. The Morgan fingerprint density at radius 1 is 0.528 bits per heavy atom. The molecule has 0 saturated heterocycles. The lowest BCUT2D eigenvalue weighted by Crippen LogP contribution is -2.19. The van der Waals surface area contributed by atoms with Crippen molar-refractivity contribution in [3.63, 3.8) is 0 Å². The van der Waals surface area contributed by atoms with Gasteiger partial charge in [0.25, 0.3) is 0 Å². The van der Waals surface area contributed by atoms with Gasteiger partial charge in [0.05, 0.1) is 14.2 Å². The quantitative estimate of drug-likeness (QED) is 0.215. The zero-order valence-electron chi connectivity index (χ0n) is 20.6. The molecule has 0 unspecified atom stereocenters. The van der Waals surface area contributed by atoms with E-state index in [0.717, 1.165) is 22.6 Å². The first kappa shape index (κ1) is 24.9. The predicted molar refractivity (Wildman–Crippen MR) is 142 cm³/mol. The van der Waals surface area contributed by atoms with E-state index in [4.69, 9.17) is 9.47 Å². The van der Waals surface area contributed by atoms with Crippen LogP contribution in [0.5, 0.6) is 11.5 Å². The van der Waals surface area contributed by atoms with Crippen molar-refractivity contribution in [3.8, 4) is 11.5 Å². The Kier molecular flexibility index (Phi) is 8.30. The molecule has 4 rings (SSSR count). The molecule has 4 aromatic carbocycles. The Morgan fingerprint density at radius 3 is 1.17 bits per heavy atom. The molecule has 0 aromatic heterocycles. The highest BCUT2D eigenvalue weighted by Gasteiger charge is 2.30. The van der Waals surface area contributed by atoms with Crippen LogP contribution in [0.3, 0.4) is 0 Å². The highest BCUT2D eigenvalue weighted by Crippen LogP contribution is 2.40. The van der Waals surface area contributed by atoms with Crippen LogP contribution in [0.4, 0.5) is 0 Å². The van der Waals surface area contributed by atoms with E-state index < -0.39 is 0 Å². The fourth-order valence-electron chi connectivity index (χ4n) is 4.57. The van der Waals surface area contributed by atoms with Crippen molar-refractivity contribution < 1.29 is 19.1 Å². The average Bonchev–Trinajstić information content (AvgIpc) is 2.95. The second-order valence-corrected chi connectivity index (χ2v) is 8.75. The standard InChI is InChI=1S/C32H30O4/c1-35-27-17-13-23(14-18-27)29(21-31(33)25-9-5-3-6-10-25)30(24-15-19-28(36-2)20-16-24)22-32(34)26-11-7-4-8-12-26/h3-20,29-30H,21-22H2,1-2H3/t29-,30+. The third kappa shape index (κ3) is 6.08. The molecule has 0 aliphatic carbocycles. The van der Waals surface area contributed by atoms with Gasteiger partial charge in [0.1, 0.15) is 11.5 Å². The van der Waals surface area contributed by atoms with Gasteiger partial charge in [-0.3, -0.25) is 9.59 Å². The summed E-state index contributed by atoms with van der Waals surface area (Å²) in [7, 11) is 3.26. The van der Waals surface area contributed by atoms with E-state index in [1.807, 2.05) is 109 Å². The number of methoxy groups -OCH3 is 2. The molecule has 0 radical (unpaired) electrons. The summed E-state index contributed by atoms with van der Waals surface area (Å²) < 4.78 is 10.7. The molecule has 4 heteroatoms. The lowest BCUT2D eigenvalue weighted by molar-refractivity contribution is 0.0936. The summed E-state index contributed by atoms with van der Waals surface area (Å²) in [5.41, 5.74) is 3.31. The van der Waals surface area contributed by atoms with Crippen LogP contribution >= 0.6 is 0 Å². The zero-order chi connectivity index (χ0) is 25.3.